The Labute approximate surface area is 460 Å². The van der Waals surface area contributed by atoms with Crippen LogP contribution in [0.2, 0.25) is 0 Å². The van der Waals surface area contributed by atoms with Gasteiger partial charge in [-0.15, -0.1) is 0 Å². The monoisotopic (exact) mass is 1070 g/mol. The molecule has 0 saturated carbocycles. The van der Waals surface area contributed by atoms with E-state index in [0.29, 0.717) is 59.3 Å². The first-order valence-electron chi connectivity index (χ1n) is 28.4. The zero-order chi connectivity index (χ0) is 56.3. The molecule has 0 heterocycles. The van der Waals surface area contributed by atoms with E-state index < -0.39 is 15.2 Å². The van der Waals surface area contributed by atoms with Crippen LogP contribution in [0.4, 0.5) is 0 Å². The second-order valence-electron chi connectivity index (χ2n) is 24.6. The molecule has 6 aromatic carbocycles. The van der Waals surface area contributed by atoms with Crippen LogP contribution < -0.4 is 28.7 Å². The molecule has 0 atom stereocenters. The summed E-state index contributed by atoms with van der Waals surface area (Å²) in [7, 11) is -8.37. The van der Waals surface area contributed by atoms with Crippen LogP contribution in [-0.2, 0) is 82.2 Å². The number of rotatable bonds is 19. The van der Waals surface area contributed by atoms with Crippen molar-refractivity contribution in [1.82, 2.24) is 0 Å². The fourth-order valence-corrected chi connectivity index (χ4v) is 14.4. The van der Waals surface area contributed by atoms with Crippen molar-refractivity contribution in [3.05, 3.63) is 164 Å². The zero-order valence-electron chi connectivity index (χ0n) is 50.2. The molecule has 0 N–H and O–H groups in total. The maximum atomic E-state index is 16.4. The third-order valence-electron chi connectivity index (χ3n) is 14.9. The summed E-state index contributed by atoms with van der Waals surface area (Å²) in [5, 5.41) is 0.913. The topological polar surface area (TPSA) is 71.1 Å². The molecule has 0 aliphatic carbocycles. The lowest BCUT2D eigenvalue weighted by molar-refractivity contribution is 0.381. The second-order valence-corrected chi connectivity index (χ2v) is 28.4. The van der Waals surface area contributed by atoms with Crippen molar-refractivity contribution in [2.45, 2.75) is 212 Å². The van der Waals surface area contributed by atoms with Gasteiger partial charge in [0, 0.05) is 22.3 Å². The summed E-state index contributed by atoms with van der Waals surface area (Å²) in [5.41, 5.74) is 13.3. The van der Waals surface area contributed by atoms with Crippen molar-refractivity contribution in [3.8, 4) is 34.1 Å². The van der Waals surface area contributed by atoms with Crippen LogP contribution in [0, 0.1) is 0 Å². The van der Waals surface area contributed by atoms with Gasteiger partial charge in [0.05, 0.1) is 10.6 Å². The van der Waals surface area contributed by atoms with Crippen LogP contribution >= 0.6 is 15.2 Å². The van der Waals surface area contributed by atoms with Gasteiger partial charge in [-0.25, -0.2) is 9.13 Å². The lowest BCUT2D eigenvalue weighted by atomic mass is 9.81. The molecule has 0 fully saturated rings. The highest BCUT2D eigenvalue weighted by Gasteiger charge is 2.41. The molecule has 0 aromatic heterocycles. The molecule has 6 rings (SSSR count). The number of hydrogen-bond donors (Lipinski definition) is 0. The predicted molar refractivity (Wildman–Crippen MR) is 324 cm³/mol. The van der Waals surface area contributed by atoms with Gasteiger partial charge in [-0.05, 0) is 153 Å². The van der Waals surface area contributed by atoms with Gasteiger partial charge in [0.25, 0.3) is 0 Å². The van der Waals surface area contributed by atoms with Gasteiger partial charge in [0.2, 0.25) is 0 Å². The van der Waals surface area contributed by atoms with Gasteiger partial charge in [-0.1, -0.05) is 211 Å². The summed E-state index contributed by atoms with van der Waals surface area (Å²) in [6.45, 7) is 43.4. The van der Waals surface area contributed by atoms with E-state index in [1.54, 1.807) is 0 Å². The summed E-state index contributed by atoms with van der Waals surface area (Å²) in [4.78, 5) is 0. The minimum Gasteiger partial charge on any atom is -0.412 e. The Morgan fingerprint density at radius 2 is 0.447 bits per heavy atom. The Balaban J connectivity index is 1.55. The summed E-state index contributed by atoms with van der Waals surface area (Å²) < 4.78 is 61.4. The lowest BCUT2D eigenvalue weighted by Crippen LogP contribution is -2.23. The highest BCUT2D eigenvalue weighted by Crippen LogP contribution is 2.56. The van der Waals surface area contributed by atoms with Gasteiger partial charge >= 0.3 is 15.2 Å². The minimum absolute atomic E-state index is 0.306. The molecule has 0 aliphatic rings. The Bertz CT molecular complexity index is 2730. The van der Waals surface area contributed by atoms with Crippen molar-refractivity contribution < 1.29 is 27.2 Å². The molecular formula is C68H92O6P2. The second kappa shape index (κ2) is 23.5. The molecule has 0 unspecified atom stereocenters. The summed E-state index contributed by atoms with van der Waals surface area (Å²) in [5.74, 6) is 2.55. The first kappa shape index (κ1) is 60.2. The van der Waals surface area contributed by atoms with E-state index >= 15 is 9.13 Å². The average molecular weight is 1070 g/mol. The molecule has 0 aliphatic heterocycles. The van der Waals surface area contributed by atoms with Crippen molar-refractivity contribution in [3.63, 3.8) is 0 Å². The molecule has 8 heteroatoms. The molecule has 76 heavy (non-hydrogen) atoms. The average Bonchev–Trinajstić information content (AvgIpc) is 3.36. The predicted octanol–water partition coefficient (Wildman–Crippen LogP) is 19.0. The summed E-state index contributed by atoms with van der Waals surface area (Å²) >= 11 is 0. The molecule has 0 radical (unpaired) electrons. The van der Waals surface area contributed by atoms with Gasteiger partial charge < -0.3 is 18.1 Å². The molecule has 6 aromatic rings. The van der Waals surface area contributed by atoms with E-state index in [1.807, 2.05) is 48.5 Å². The molecule has 0 spiro atoms. The highest BCUT2D eigenvalue weighted by atomic mass is 31.2. The third-order valence-corrected chi connectivity index (χ3v) is 18.4. The minimum atomic E-state index is -4.19. The van der Waals surface area contributed by atoms with Crippen molar-refractivity contribution >= 4 is 25.8 Å². The van der Waals surface area contributed by atoms with Crippen LogP contribution in [0.1, 0.15) is 205 Å². The van der Waals surface area contributed by atoms with E-state index in [1.165, 1.54) is 0 Å². The van der Waals surface area contributed by atoms with E-state index in [-0.39, 0.29) is 21.7 Å². The normalized spacial score (nSPS) is 12.7. The van der Waals surface area contributed by atoms with Crippen LogP contribution in [0.5, 0.6) is 23.0 Å². The molecule has 0 saturated heterocycles. The first-order valence-corrected chi connectivity index (χ1v) is 31.5. The number of aryl methyl sites for hydroxylation is 8. The van der Waals surface area contributed by atoms with E-state index in [4.69, 9.17) is 18.1 Å². The quantitative estimate of drug-likeness (QED) is 0.0753. The van der Waals surface area contributed by atoms with Crippen LogP contribution in [0.15, 0.2) is 97.1 Å². The molecule has 410 valence electrons. The van der Waals surface area contributed by atoms with Crippen molar-refractivity contribution in [2.24, 2.45) is 0 Å². The van der Waals surface area contributed by atoms with E-state index in [2.05, 4.69) is 187 Å². The molecule has 0 amide bonds. The Kier molecular flexibility index (Phi) is 18.6. The maximum absolute atomic E-state index is 16.4. The smallest absolute Gasteiger partial charge is 0.412 e. The molecule has 6 nitrogen and oxygen atoms in total. The standard InChI is InChI=1S/C68H92O6P2/c1-21-45-29-33-49(25-5)61(57(45)65(9,10)11)71-75(69,72-62-50(26-6)34-30-46(22-2)58(62)66(12,13)14)55-41-37-53(38-42-55)54-39-43-56(44-40-54)76(70,73-63-51(27-7)35-31-47(23-3)59(63)67(15,16)17)74-64-52(28-8)36-32-48(24-4)60(64)68(18,19)20/h29-44H,21-28H2,1-20H3. The zero-order valence-corrected chi connectivity index (χ0v) is 52.0. The maximum Gasteiger partial charge on any atom is 0.462 e. The van der Waals surface area contributed by atoms with E-state index in [9.17, 15) is 0 Å². The fraction of sp³-hybridized carbons (Fsp3) is 0.471. The van der Waals surface area contributed by atoms with E-state index in [0.717, 1.165) is 104 Å². The summed E-state index contributed by atoms with van der Waals surface area (Å²) in [6.07, 6.45) is 6.02. The fourth-order valence-electron chi connectivity index (χ4n) is 11.1. The Morgan fingerprint density at radius 3 is 0.605 bits per heavy atom. The first-order chi connectivity index (χ1) is 35.6. The molecule has 0 bridgehead atoms. The third kappa shape index (κ3) is 12.6. The largest absolute Gasteiger partial charge is 0.462 e. The Morgan fingerprint density at radius 1 is 0.276 bits per heavy atom. The lowest BCUT2D eigenvalue weighted by Gasteiger charge is -2.32. The summed E-state index contributed by atoms with van der Waals surface area (Å²) in [6, 6.07) is 32.7. The van der Waals surface area contributed by atoms with Gasteiger partial charge in [-0.2, -0.15) is 0 Å². The van der Waals surface area contributed by atoms with Crippen molar-refractivity contribution in [1.29, 1.82) is 0 Å². The van der Waals surface area contributed by atoms with Gasteiger partial charge in [0.1, 0.15) is 23.0 Å². The number of hydrogen-bond acceptors (Lipinski definition) is 6. The molecular weight excluding hydrogens is 975 g/mol. The highest BCUT2D eigenvalue weighted by molar-refractivity contribution is 7.63. The van der Waals surface area contributed by atoms with Gasteiger partial charge in [-0.3, -0.25) is 0 Å². The van der Waals surface area contributed by atoms with Crippen LogP contribution in [0.3, 0.4) is 0 Å². The Hall–Kier alpha value is -5.02. The van der Waals surface area contributed by atoms with Crippen LogP contribution in [0.25, 0.3) is 11.1 Å². The van der Waals surface area contributed by atoms with Crippen molar-refractivity contribution in [2.75, 3.05) is 0 Å². The SMILES string of the molecule is CCc1ccc(CC)c(C(C)(C)C)c1OP(=O)(Oc1c(CC)ccc(CC)c1C(C)(C)C)c1ccc(-c2ccc(P(=O)(Oc3c(CC)ccc(CC)c3C(C)(C)C)Oc3c(CC)ccc(CC)c3C(C)(C)C)cc2)cc1. The van der Waals surface area contributed by atoms with Crippen LogP contribution in [-0.4, -0.2) is 0 Å². The number of benzene rings is 6. The van der Waals surface area contributed by atoms with Gasteiger partial charge in [0.15, 0.2) is 0 Å².